The zero-order chi connectivity index (χ0) is 21.1. The summed E-state index contributed by atoms with van der Waals surface area (Å²) in [5, 5.41) is 13.7. The first-order chi connectivity index (χ1) is 14.5. The highest BCUT2D eigenvalue weighted by molar-refractivity contribution is 6.30. The first-order valence-electron chi connectivity index (χ1n) is 9.68. The standard InChI is InChI=1S/C22H21ClN2O5/c1-2-29-22(11-15(12-22)21(26)27)16-6-8-18(9-7-16)28-13-19-24-20(25-30-19)14-4-3-5-17(23)10-14/h3-10,15H,2,11-13H2,1H3,(H,26,27). The van der Waals surface area contributed by atoms with Crippen molar-refractivity contribution in [2.75, 3.05) is 6.61 Å². The first kappa shape index (κ1) is 20.4. The molecule has 3 aromatic rings. The molecule has 0 bridgehead atoms. The molecule has 0 radical (unpaired) electrons. The molecule has 0 atom stereocenters. The van der Waals surface area contributed by atoms with Crippen LogP contribution in [0.1, 0.15) is 31.2 Å². The molecule has 2 aromatic carbocycles. The summed E-state index contributed by atoms with van der Waals surface area (Å²) in [5.74, 6) is 0.300. The Balaban J connectivity index is 1.39. The number of carbonyl (C=O) groups is 1. The number of hydrogen-bond acceptors (Lipinski definition) is 6. The summed E-state index contributed by atoms with van der Waals surface area (Å²) >= 11 is 6.00. The Kier molecular flexibility index (Phi) is 5.74. The zero-order valence-electron chi connectivity index (χ0n) is 16.4. The molecule has 0 amide bonds. The molecule has 1 aliphatic rings. The van der Waals surface area contributed by atoms with Crippen LogP contribution in [-0.4, -0.2) is 27.8 Å². The third-order valence-electron chi connectivity index (χ3n) is 5.22. The van der Waals surface area contributed by atoms with Gasteiger partial charge < -0.3 is 19.1 Å². The second-order valence-electron chi connectivity index (χ2n) is 7.21. The Labute approximate surface area is 178 Å². The Morgan fingerprint density at radius 2 is 2.03 bits per heavy atom. The fourth-order valence-electron chi connectivity index (χ4n) is 3.68. The minimum absolute atomic E-state index is 0.130. The molecule has 7 nitrogen and oxygen atoms in total. The van der Waals surface area contributed by atoms with Gasteiger partial charge in [-0.2, -0.15) is 4.98 Å². The van der Waals surface area contributed by atoms with Gasteiger partial charge in [-0.3, -0.25) is 4.79 Å². The van der Waals surface area contributed by atoms with Crippen molar-refractivity contribution in [2.45, 2.75) is 32.0 Å². The van der Waals surface area contributed by atoms with Crippen LogP contribution < -0.4 is 4.74 Å². The topological polar surface area (TPSA) is 94.7 Å². The maximum atomic E-state index is 11.2. The van der Waals surface area contributed by atoms with Crippen LogP contribution >= 0.6 is 11.6 Å². The van der Waals surface area contributed by atoms with Crippen LogP contribution in [0.25, 0.3) is 11.4 Å². The number of rotatable bonds is 8. The molecule has 0 saturated heterocycles. The van der Waals surface area contributed by atoms with E-state index in [-0.39, 0.29) is 12.5 Å². The van der Waals surface area contributed by atoms with Gasteiger partial charge in [-0.05, 0) is 49.6 Å². The number of ether oxygens (including phenoxy) is 2. The number of halogens is 1. The lowest BCUT2D eigenvalue weighted by atomic mass is 9.67. The van der Waals surface area contributed by atoms with E-state index >= 15 is 0 Å². The molecule has 1 heterocycles. The summed E-state index contributed by atoms with van der Waals surface area (Å²) in [6, 6.07) is 14.7. The van der Waals surface area contributed by atoms with Crippen LogP contribution in [0.2, 0.25) is 5.02 Å². The molecule has 4 rings (SSSR count). The van der Waals surface area contributed by atoms with Gasteiger partial charge in [0, 0.05) is 17.2 Å². The highest BCUT2D eigenvalue weighted by Crippen LogP contribution is 2.49. The van der Waals surface area contributed by atoms with Crippen LogP contribution in [0.4, 0.5) is 0 Å². The van der Waals surface area contributed by atoms with E-state index in [0.717, 1.165) is 11.1 Å². The van der Waals surface area contributed by atoms with Crippen molar-refractivity contribution in [3.05, 3.63) is 65.0 Å². The van der Waals surface area contributed by atoms with E-state index < -0.39 is 11.6 Å². The zero-order valence-corrected chi connectivity index (χ0v) is 17.1. The van der Waals surface area contributed by atoms with Crippen LogP contribution in [0.15, 0.2) is 53.1 Å². The van der Waals surface area contributed by atoms with Gasteiger partial charge in [-0.15, -0.1) is 0 Å². The molecule has 1 aromatic heterocycles. The van der Waals surface area contributed by atoms with E-state index in [1.807, 2.05) is 43.3 Å². The average Bonchev–Trinajstić information content (AvgIpc) is 3.18. The third kappa shape index (κ3) is 4.17. The molecule has 1 saturated carbocycles. The molecule has 8 heteroatoms. The average molecular weight is 429 g/mol. The van der Waals surface area contributed by atoms with E-state index in [0.29, 0.717) is 41.9 Å². The minimum Gasteiger partial charge on any atom is -0.484 e. The second kappa shape index (κ2) is 8.45. The maximum Gasteiger partial charge on any atom is 0.306 e. The lowest BCUT2D eigenvalue weighted by molar-refractivity contribution is -0.170. The van der Waals surface area contributed by atoms with E-state index in [1.54, 1.807) is 12.1 Å². The number of aromatic nitrogens is 2. The van der Waals surface area contributed by atoms with E-state index in [1.165, 1.54) is 0 Å². The van der Waals surface area contributed by atoms with E-state index in [9.17, 15) is 9.90 Å². The Morgan fingerprint density at radius 3 is 2.70 bits per heavy atom. The largest absolute Gasteiger partial charge is 0.484 e. The number of hydrogen-bond donors (Lipinski definition) is 1. The molecule has 1 aliphatic carbocycles. The lowest BCUT2D eigenvalue weighted by Crippen LogP contribution is -2.46. The predicted octanol–water partition coefficient (Wildman–Crippen LogP) is 4.70. The fraction of sp³-hybridized carbons (Fsp3) is 0.318. The van der Waals surface area contributed by atoms with Crippen LogP contribution in [0.3, 0.4) is 0 Å². The molecule has 1 N–H and O–H groups in total. The van der Waals surface area contributed by atoms with Crippen molar-refractivity contribution >= 4 is 17.6 Å². The van der Waals surface area contributed by atoms with E-state index in [4.69, 9.17) is 25.6 Å². The molecule has 0 aliphatic heterocycles. The molecule has 30 heavy (non-hydrogen) atoms. The highest BCUT2D eigenvalue weighted by atomic mass is 35.5. The molecular weight excluding hydrogens is 408 g/mol. The van der Waals surface area contributed by atoms with Gasteiger partial charge in [0.1, 0.15) is 5.75 Å². The van der Waals surface area contributed by atoms with Gasteiger partial charge in [0.25, 0.3) is 5.89 Å². The van der Waals surface area contributed by atoms with Crippen LogP contribution in [0.5, 0.6) is 5.75 Å². The predicted molar refractivity (Wildman–Crippen MR) is 109 cm³/mol. The first-order valence-corrected chi connectivity index (χ1v) is 10.1. The summed E-state index contributed by atoms with van der Waals surface area (Å²) < 4.78 is 16.9. The van der Waals surface area contributed by atoms with Crippen molar-refractivity contribution in [1.29, 1.82) is 0 Å². The van der Waals surface area contributed by atoms with Crippen molar-refractivity contribution in [2.24, 2.45) is 5.92 Å². The molecule has 0 spiro atoms. The summed E-state index contributed by atoms with van der Waals surface area (Å²) in [6.45, 7) is 2.57. The van der Waals surface area contributed by atoms with Gasteiger partial charge >= 0.3 is 5.97 Å². The Bertz CT molecular complexity index is 1030. The normalized spacial score (nSPS) is 20.5. The van der Waals surface area contributed by atoms with Gasteiger partial charge in [-0.25, -0.2) is 0 Å². The van der Waals surface area contributed by atoms with Gasteiger partial charge in [0.15, 0.2) is 6.61 Å². The van der Waals surface area contributed by atoms with Gasteiger partial charge in [0.05, 0.1) is 11.5 Å². The SMILES string of the molecule is CCOC1(c2ccc(OCc3nc(-c4cccc(Cl)c4)no3)cc2)CC(C(=O)O)C1. The number of aliphatic carboxylic acids is 1. The number of nitrogens with zero attached hydrogens (tertiary/aromatic N) is 2. The molecule has 156 valence electrons. The molecule has 0 unspecified atom stereocenters. The summed E-state index contributed by atoms with van der Waals surface area (Å²) in [4.78, 5) is 15.5. The monoisotopic (exact) mass is 428 g/mol. The summed E-state index contributed by atoms with van der Waals surface area (Å²) in [7, 11) is 0. The van der Waals surface area contributed by atoms with Crippen molar-refractivity contribution < 1.29 is 23.9 Å². The van der Waals surface area contributed by atoms with Crippen LogP contribution in [0, 0.1) is 5.92 Å². The molecule has 1 fully saturated rings. The number of carboxylic acid groups (broad SMARTS) is 1. The highest BCUT2D eigenvalue weighted by Gasteiger charge is 2.49. The minimum atomic E-state index is -0.776. The third-order valence-corrected chi connectivity index (χ3v) is 5.45. The second-order valence-corrected chi connectivity index (χ2v) is 7.64. The Hall–Kier alpha value is -2.90. The van der Waals surface area contributed by atoms with Gasteiger partial charge in [-0.1, -0.05) is 41.0 Å². The fourth-order valence-corrected chi connectivity index (χ4v) is 3.87. The quantitative estimate of drug-likeness (QED) is 0.555. The van der Waals surface area contributed by atoms with Crippen molar-refractivity contribution in [3.63, 3.8) is 0 Å². The van der Waals surface area contributed by atoms with E-state index in [2.05, 4.69) is 10.1 Å². The summed E-state index contributed by atoms with van der Waals surface area (Å²) in [5.41, 5.74) is 1.19. The van der Waals surface area contributed by atoms with Gasteiger partial charge in [0.2, 0.25) is 5.82 Å². The van der Waals surface area contributed by atoms with Crippen molar-refractivity contribution in [3.8, 4) is 17.1 Å². The smallest absolute Gasteiger partial charge is 0.306 e. The van der Waals surface area contributed by atoms with Crippen LogP contribution in [-0.2, 0) is 21.7 Å². The summed E-state index contributed by atoms with van der Waals surface area (Å²) in [6.07, 6.45) is 0.954. The Morgan fingerprint density at radius 1 is 1.27 bits per heavy atom. The lowest BCUT2D eigenvalue weighted by Gasteiger charge is -2.45. The van der Waals surface area contributed by atoms with Crippen molar-refractivity contribution in [1.82, 2.24) is 10.1 Å². The number of carboxylic acids is 1. The molecular formula is C22H21ClN2O5. The number of benzene rings is 2. The maximum absolute atomic E-state index is 11.2.